The first kappa shape index (κ1) is 15.5. The zero-order chi connectivity index (χ0) is 14.6. The van der Waals surface area contributed by atoms with Crippen molar-refractivity contribution in [1.82, 2.24) is 4.72 Å². The Morgan fingerprint density at radius 3 is 2.85 bits per heavy atom. The summed E-state index contributed by atoms with van der Waals surface area (Å²) in [5, 5.41) is 0.356. The van der Waals surface area contributed by atoms with Crippen LogP contribution in [0.1, 0.15) is 36.5 Å². The minimum absolute atomic E-state index is 0.134. The molecule has 6 heteroatoms. The predicted molar refractivity (Wildman–Crippen MR) is 81.7 cm³/mol. The second-order valence-electron chi connectivity index (χ2n) is 4.92. The Kier molecular flexibility index (Phi) is 5.23. The number of hydrogen-bond donors (Lipinski definition) is 1. The number of ketones is 1. The van der Waals surface area contributed by atoms with Gasteiger partial charge in [-0.25, -0.2) is 13.1 Å². The standard InChI is InChI=1S/C14H19NO3S2/c1-11(16)12-5-4-7-14(9-12)20(17,18)15-10-13-6-2-3-8-19-13/h4-5,7,9,13,15H,2-3,6,8,10H2,1H3. The Morgan fingerprint density at radius 2 is 2.20 bits per heavy atom. The van der Waals surface area contributed by atoms with Crippen molar-refractivity contribution >= 4 is 27.6 Å². The molecule has 0 bridgehead atoms. The van der Waals surface area contributed by atoms with Crippen molar-refractivity contribution in [1.29, 1.82) is 0 Å². The van der Waals surface area contributed by atoms with Crippen molar-refractivity contribution in [2.75, 3.05) is 12.3 Å². The van der Waals surface area contributed by atoms with Gasteiger partial charge in [-0.1, -0.05) is 18.6 Å². The molecule has 1 fully saturated rings. The molecule has 1 atom stereocenters. The number of carbonyl (C=O) groups is 1. The van der Waals surface area contributed by atoms with Crippen LogP contribution in [0.15, 0.2) is 29.2 Å². The highest BCUT2D eigenvalue weighted by Gasteiger charge is 2.19. The number of benzene rings is 1. The molecule has 20 heavy (non-hydrogen) atoms. The predicted octanol–water partition coefficient (Wildman–Crippen LogP) is 2.45. The highest BCUT2D eigenvalue weighted by molar-refractivity contribution is 8.00. The SMILES string of the molecule is CC(=O)c1cccc(S(=O)(=O)NCC2CCCCS2)c1. The number of carbonyl (C=O) groups excluding carboxylic acids is 1. The third kappa shape index (κ3) is 4.07. The smallest absolute Gasteiger partial charge is 0.240 e. The molecular weight excluding hydrogens is 294 g/mol. The molecule has 0 amide bonds. The molecule has 0 radical (unpaired) electrons. The van der Waals surface area contributed by atoms with Gasteiger partial charge < -0.3 is 0 Å². The van der Waals surface area contributed by atoms with Crippen LogP contribution in [0.5, 0.6) is 0 Å². The molecule has 0 aliphatic carbocycles. The summed E-state index contributed by atoms with van der Waals surface area (Å²) in [6.45, 7) is 1.88. The third-order valence-corrected chi connectivity index (χ3v) is 6.15. The molecule has 0 aromatic heterocycles. The van der Waals surface area contributed by atoms with Crippen LogP contribution in [0.2, 0.25) is 0 Å². The van der Waals surface area contributed by atoms with E-state index in [-0.39, 0.29) is 10.7 Å². The topological polar surface area (TPSA) is 63.2 Å². The fraction of sp³-hybridized carbons (Fsp3) is 0.500. The van der Waals surface area contributed by atoms with Gasteiger partial charge in [-0.05, 0) is 37.7 Å². The van der Waals surface area contributed by atoms with Gasteiger partial charge in [0, 0.05) is 17.4 Å². The fourth-order valence-electron chi connectivity index (χ4n) is 2.14. The molecule has 1 heterocycles. The Labute approximate surface area is 124 Å². The van der Waals surface area contributed by atoms with Gasteiger partial charge in [-0.15, -0.1) is 0 Å². The summed E-state index contributed by atoms with van der Waals surface area (Å²) < 4.78 is 27.1. The fourth-order valence-corrected chi connectivity index (χ4v) is 4.61. The van der Waals surface area contributed by atoms with Crippen molar-refractivity contribution in [3.8, 4) is 0 Å². The van der Waals surface area contributed by atoms with E-state index in [1.165, 1.54) is 31.9 Å². The van der Waals surface area contributed by atoms with Crippen molar-refractivity contribution in [2.24, 2.45) is 0 Å². The third-order valence-electron chi connectivity index (χ3n) is 3.33. The highest BCUT2D eigenvalue weighted by Crippen LogP contribution is 2.24. The van der Waals surface area contributed by atoms with E-state index < -0.39 is 10.0 Å². The summed E-state index contributed by atoms with van der Waals surface area (Å²) in [5.41, 5.74) is 0.417. The lowest BCUT2D eigenvalue weighted by atomic mass is 10.2. The van der Waals surface area contributed by atoms with E-state index in [1.54, 1.807) is 12.1 Å². The van der Waals surface area contributed by atoms with Crippen LogP contribution in [0.25, 0.3) is 0 Å². The molecule has 1 aliphatic rings. The Balaban J connectivity index is 2.05. The van der Waals surface area contributed by atoms with E-state index in [2.05, 4.69) is 4.72 Å². The van der Waals surface area contributed by atoms with Gasteiger partial charge in [0.05, 0.1) is 4.90 Å². The number of thioether (sulfide) groups is 1. The van der Waals surface area contributed by atoms with Gasteiger partial charge in [-0.2, -0.15) is 11.8 Å². The number of sulfonamides is 1. The molecule has 1 unspecified atom stereocenters. The molecule has 0 spiro atoms. The van der Waals surface area contributed by atoms with Gasteiger partial charge >= 0.3 is 0 Å². The molecule has 1 aromatic carbocycles. The molecule has 2 rings (SSSR count). The van der Waals surface area contributed by atoms with Crippen LogP contribution < -0.4 is 4.72 Å². The Morgan fingerprint density at radius 1 is 1.40 bits per heavy atom. The minimum Gasteiger partial charge on any atom is -0.295 e. The maximum atomic E-state index is 12.2. The second kappa shape index (κ2) is 6.74. The van der Waals surface area contributed by atoms with Crippen LogP contribution >= 0.6 is 11.8 Å². The van der Waals surface area contributed by atoms with Crippen LogP contribution in [0.4, 0.5) is 0 Å². The summed E-state index contributed by atoms with van der Waals surface area (Å²) in [7, 11) is -3.53. The largest absolute Gasteiger partial charge is 0.295 e. The quantitative estimate of drug-likeness (QED) is 0.848. The molecular formula is C14H19NO3S2. The second-order valence-corrected chi connectivity index (χ2v) is 8.10. The van der Waals surface area contributed by atoms with E-state index in [0.717, 1.165) is 12.2 Å². The van der Waals surface area contributed by atoms with Crippen molar-refractivity contribution < 1.29 is 13.2 Å². The van der Waals surface area contributed by atoms with Crippen molar-refractivity contribution in [3.63, 3.8) is 0 Å². The van der Waals surface area contributed by atoms with Gasteiger partial charge in [0.25, 0.3) is 0 Å². The van der Waals surface area contributed by atoms with Crippen molar-refractivity contribution in [3.05, 3.63) is 29.8 Å². The molecule has 1 N–H and O–H groups in total. The lowest BCUT2D eigenvalue weighted by Gasteiger charge is -2.21. The molecule has 1 saturated heterocycles. The first-order valence-corrected chi connectivity index (χ1v) is 9.24. The first-order valence-electron chi connectivity index (χ1n) is 6.71. The van der Waals surface area contributed by atoms with Crippen LogP contribution in [0.3, 0.4) is 0 Å². The summed E-state index contributed by atoms with van der Waals surface area (Å²) >= 11 is 1.83. The molecule has 1 aromatic rings. The average Bonchev–Trinajstić information content (AvgIpc) is 2.46. The number of Topliss-reactive ketones (excluding diaryl/α,β-unsaturated/α-hetero) is 1. The lowest BCUT2D eigenvalue weighted by Crippen LogP contribution is -2.32. The number of hydrogen-bond acceptors (Lipinski definition) is 4. The monoisotopic (exact) mass is 313 g/mol. The molecule has 4 nitrogen and oxygen atoms in total. The van der Waals surface area contributed by atoms with Gasteiger partial charge in [0.1, 0.15) is 0 Å². The first-order chi connectivity index (χ1) is 9.49. The maximum Gasteiger partial charge on any atom is 0.240 e. The molecule has 1 aliphatic heterocycles. The summed E-state index contributed by atoms with van der Waals surface area (Å²) in [6, 6.07) is 6.17. The van der Waals surface area contributed by atoms with Crippen LogP contribution in [0, 0.1) is 0 Å². The normalized spacial score (nSPS) is 19.8. The summed E-state index contributed by atoms with van der Waals surface area (Å²) in [5.74, 6) is 0.969. The summed E-state index contributed by atoms with van der Waals surface area (Å²) in [6.07, 6.45) is 3.44. The zero-order valence-electron chi connectivity index (χ0n) is 11.5. The number of rotatable bonds is 5. The Hall–Kier alpha value is -0.850. The Bertz CT molecular complexity index is 578. The summed E-state index contributed by atoms with van der Waals surface area (Å²) in [4.78, 5) is 11.5. The molecule has 0 saturated carbocycles. The van der Waals surface area contributed by atoms with Crippen LogP contribution in [-0.2, 0) is 10.0 Å². The lowest BCUT2D eigenvalue weighted by molar-refractivity contribution is 0.101. The van der Waals surface area contributed by atoms with Crippen LogP contribution in [-0.4, -0.2) is 31.7 Å². The van der Waals surface area contributed by atoms with E-state index in [1.807, 2.05) is 11.8 Å². The van der Waals surface area contributed by atoms with Gasteiger partial charge in [0.15, 0.2) is 5.78 Å². The number of nitrogens with one attached hydrogen (secondary N) is 1. The van der Waals surface area contributed by atoms with E-state index in [4.69, 9.17) is 0 Å². The van der Waals surface area contributed by atoms with E-state index in [0.29, 0.717) is 17.4 Å². The maximum absolute atomic E-state index is 12.2. The van der Waals surface area contributed by atoms with Gasteiger partial charge in [-0.3, -0.25) is 4.79 Å². The average molecular weight is 313 g/mol. The minimum atomic E-state index is -3.53. The zero-order valence-corrected chi connectivity index (χ0v) is 13.1. The van der Waals surface area contributed by atoms with Crippen molar-refractivity contribution in [2.45, 2.75) is 36.3 Å². The van der Waals surface area contributed by atoms with Gasteiger partial charge in [0.2, 0.25) is 10.0 Å². The molecule has 110 valence electrons. The van der Waals surface area contributed by atoms with E-state index >= 15 is 0 Å². The van der Waals surface area contributed by atoms with E-state index in [9.17, 15) is 13.2 Å². The highest BCUT2D eigenvalue weighted by atomic mass is 32.2.